The number of rotatable bonds is 3. The number of nitrogens with one attached hydrogen (secondary N) is 1. The van der Waals surface area contributed by atoms with Gasteiger partial charge in [-0.1, -0.05) is 35.3 Å². The van der Waals surface area contributed by atoms with E-state index in [0.717, 1.165) is 0 Å². The molecule has 0 aliphatic rings. The molecule has 5 nitrogen and oxygen atoms in total. The lowest BCUT2D eigenvalue weighted by atomic mass is 10.2. The van der Waals surface area contributed by atoms with Crippen molar-refractivity contribution in [3.8, 4) is 0 Å². The Kier molecular flexibility index (Phi) is 3.83. The molecule has 0 saturated heterocycles. The average Bonchev–Trinajstić information content (AvgIpc) is 2.87. The molecule has 0 radical (unpaired) electrons. The molecule has 3 rings (SSSR count). The molecule has 0 aliphatic heterocycles. The second-order valence-electron chi connectivity index (χ2n) is 4.82. The molecule has 3 aromatic rings. The van der Waals surface area contributed by atoms with E-state index in [1.807, 2.05) is 0 Å². The van der Waals surface area contributed by atoms with E-state index < -0.39 is 15.7 Å². The molecule has 1 amide bonds. The number of H-pyrrole nitrogens is 1. The second kappa shape index (κ2) is 5.56. The molecule has 0 saturated carbocycles. The first-order valence-electron chi connectivity index (χ1n) is 6.43. The van der Waals surface area contributed by atoms with Crippen molar-refractivity contribution >= 4 is 49.8 Å². The molecule has 0 spiro atoms. The van der Waals surface area contributed by atoms with Gasteiger partial charge < -0.3 is 10.7 Å². The van der Waals surface area contributed by atoms with Gasteiger partial charge in [0.15, 0.2) is 0 Å². The average molecular weight is 369 g/mol. The zero-order chi connectivity index (χ0) is 16.8. The minimum Gasteiger partial charge on any atom is -0.364 e. The zero-order valence-corrected chi connectivity index (χ0v) is 13.8. The summed E-state index contributed by atoms with van der Waals surface area (Å²) in [4.78, 5) is 14.1. The van der Waals surface area contributed by atoms with Gasteiger partial charge in [0.25, 0.3) is 5.91 Å². The number of sulfone groups is 1. The van der Waals surface area contributed by atoms with Gasteiger partial charge >= 0.3 is 0 Å². The normalized spacial score (nSPS) is 11.7. The first kappa shape index (κ1) is 15.9. The summed E-state index contributed by atoms with van der Waals surface area (Å²) in [5.74, 6) is -0.886. The second-order valence-corrected chi connectivity index (χ2v) is 7.52. The number of carbonyl (C=O) groups excluding carboxylic acids is 1. The maximum Gasteiger partial charge on any atom is 0.266 e. The fraction of sp³-hybridized carbons (Fsp3) is 0. The summed E-state index contributed by atoms with van der Waals surface area (Å²) in [7, 11) is -4.07. The van der Waals surface area contributed by atoms with E-state index in [1.54, 1.807) is 24.3 Å². The van der Waals surface area contributed by atoms with E-state index in [2.05, 4.69) is 4.98 Å². The summed E-state index contributed by atoms with van der Waals surface area (Å²) in [6.07, 6.45) is 0. The summed E-state index contributed by atoms with van der Waals surface area (Å²) in [6, 6.07) is 10.6. The number of hydrogen-bond donors (Lipinski definition) is 2. The number of benzene rings is 2. The number of nitrogens with two attached hydrogens (primary N) is 1. The van der Waals surface area contributed by atoms with Crippen LogP contribution in [0.2, 0.25) is 10.0 Å². The molecule has 0 aliphatic carbocycles. The summed E-state index contributed by atoms with van der Waals surface area (Å²) in [5, 5.41) is 0.675. The molecule has 0 unspecified atom stereocenters. The van der Waals surface area contributed by atoms with Crippen molar-refractivity contribution in [1.29, 1.82) is 0 Å². The third kappa shape index (κ3) is 2.59. The van der Waals surface area contributed by atoms with Crippen molar-refractivity contribution in [1.82, 2.24) is 4.98 Å². The van der Waals surface area contributed by atoms with Gasteiger partial charge in [-0.05, 0) is 30.3 Å². The van der Waals surface area contributed by atoms with E-state index in [0.29, 0.717) is 10.5 Å². The SMILES string of the molecule is NC(=O)c1[nH]c2ccc(Cl)cc2c1S(=O)(=O)c1ccccc1Cl. The molecular weight excluding hydrogens is 359 g/mol. The van der Waals surface area contributed by atoms with E-state index >= 15 is 0 Å². The monoisotopic (exact) mass is 368 g/mol. The molecule has 3 N–H and O–H groups in total. The van der Waals surface area contributed by atoms with Crippen LogP contribution in [0.5, 0.6) is 0 Å². The predicted molar refractivity (Wildman–Crippen MR) is 88.7 cm³/mol. The van der Waals surface area contributed by atoms with Crippen LogP contribution in [0.3, 0.4) is 0 Å². The highest BCUT2D eigenvalue weighted by Crippen LogP contribution is 2.35. The van der Waals surface area contributed by atoms with Gasteiger partial charge in [0, 0.05) is 15.9 Å². The number of carbonyl (C=O) groups is 1. The highest BCUT2D eigenvalue weighted by Gasteiger charge is 2.30. The fourth-order valence-electron chi connectivity index (χ4n) is 2.36. The first-order chi connectivity index (χ1) is 10.8. The standard InChI is InChI=1S/C15H10Cl2N2O3S/c16-8-5-6-11-9(7-8)14(13(19-11)15(18)20)23(21,22)12-4-2-1-3-10(12)17/h1-7,19H,(H2,18,20). The van der Waals surface area contributed by atoms with Crippen LogP contribution in [0.1, 0.15) is 10.5 Å². The van der Waals surface area contributed by atoms with Crippen molar-refractivity contribution < 1.29 is 13.2 Å². The predicted octanol–water partition coefficient (Wildman–Crippen LogP) is 3.41. The van der Waals surface area contributed by atoms with Gasteiger partial charge in [0.1, 0.15) is 10.6 Å². The van der Waals surface area contributed by atoms with Crippen molar-refractivity contribution in [3.63, 3.8) is 0 Å². The van der Waals surface area contributed by atoms with E-state index in [4.69, 9.17) is 28.9 Å². The quantitative estimate of drug-likeness (QED) is 0.741. The van der Waals surface area contributed by atoms with Crippen LogP contribution >= 0.6 is 23.2 Å². The molecule has 23 heavy (non-hydrogen) atoms. The third-order valence-corrected chi connectivity index (χ3v) is 5.93. The Balaban J connectivity index is 2.43. The van der Waals surface area contributed by atoms with Gasteiger partial charge in [0.2, 0.25) is 9.84 Å². The Bertz CT molecular complexity index is 1040. The van der Waals surface area contributed by atoms with E-state index in [9.17, 15) is 13.2 Å². The van der Waals surface area contributed by atoms with Gasteiger partial charge in [-0.3, -0.25) is 4.79 Å². The Hall–Kier alpha value is -2.02. The Morgan fingerprint density at radius 3 is 2.43 bits per heavy atom. The molecule has 8 heteroatoms. The number of hydrogen-bond acceptors (Lipinski definition) is 3. The first-order valence-corrected chi connectivity index (χ1v) is 8.67. The van der Waals surface area contributed by atoms with Crippen LogP contribution < -0.4 is 5.73 Å². The molecule has 118 valence electrons. The van der Waals surface area contributed by atoms with Crippen molar-refractivity contribution in [2.24, 2.45) is 5.73 Å². The molecule has 0 atom stereocenters. The van der Waals surface area contributed by atoms with Crippen LogP contribution in [-0.4, -0.2) is 19.3 Å². The minimum absolute atomic E-state index is 0.0549. The van der Waals surface area contributed by atoms with Gasteiger partial charge in [-0.15, -0.1) is 0 Å². The van der Waals surface area contributed by atoms with Crippen LogP contribution in [0.15, 0.2) is 52.3 Å². The Labute approximate surface area is 141 Å². The van der Waals surface area contributed by atoms with Crippen molar-refractivity contribution in [2.45, 2.75) is 9.79 Å². The fourth-order valence-corrected chi connectivity index (χ4v) is 4.66. The van der Waals surface area contributed by atoms with Crippen LogP contribution in [0.4, 0.5) is 0 Å². The summed E-state index contributed by atoms with van der Waals surface area (Å²) in [6.45, 7) is 0. The Morgan fingerprint density at radius 1 is 1.09 bits per heavy atom. The largest absolute Gasteiger partial charge is 0.364 e. The lowest BCUT2D eigenvalue weighted by Gasteiger charge is -2.07. The van der Waals surface area contributed by atoms with Crippen molar-refractivity contribution in [3.05, 3.63) is 58.2 Å². The molecular formula is C15H10Cl2N2O3S. The molecule has 0 fully saturated rings. The van der Waals surface area contributed by atoms with Gasteiger partial charge in [-0.25, -0.2) is 8.42 Å². The van der Waals surface area contributed by atoms with Gasteiger partial charge in [0.05, 0.1) is 9.92 Å². The molecule has 0 bridgehead atoms. The minimum atomic E-state index is -4.07. The highest BCUT2D eigenvalue weighted by atomic mass is 35.5. The smallest absolute Gasteiger partial charge is 0.266 e. The maximum absolute atomic E-state index is 13.0. The number of aromatic nitrogens is 1. The number of aromatic amines is 1. The van der Waals surface area contributed by atoms with Gasteiger partial charge in [-0.2, -0.15) is 0 Å². The van der Waals surface area contributed by atoms with Crippen LogP contribution in [0.25, 0.3) is 10.9 Å². The number of amides is 1. The number of primary amides is 1. The van der Waals surface area contributed by atoms with Crippen LogP contribution in [0, 0.1) is 0 Å². The third-order valence-electron chi connectivity index (χ3n) is 3.35. The topological polar surface area (TPSA) is 93.0 Å². The zero-order valence-electron chi connectivity index (χ0n) is 11.5. The number of halogens is 2. The summed E-state index contributed by atoms with van der Waals surface area (Å²) >= 11 is 12.0. The van der Waals surface area contributed by atoms with E-state index in [-0.39, 0.29) is 25.9 Å². The van der Waals surface area contributed by atoms with E-state index in [1.165, 1.54) is 18.2 Å². The van der Waals surface area contributed by atoms with Crippen molar-refractivity contribution in [2.75, 3.05) is 0 Å². The highest BCUT2D eigenvalue weighted by molar-refractivity contribution is 7.92. The molecule has 1 heterocycles. The molecule has 2 aromatic carbocycles. The lowest BCUT2D eigenvalue weighted by Crippen LogP contribution is -2.16. The Morgan fingerprint density at radius 2 is 1.78 bits per heavy atom. The lowest BCUT2D eigenvalue weighted by molar-refractivity contribution is 0.0993. The summed E-state index contributed by atoms with van der Waals surface area (Å²) in [5.41, 5.74) is 5.56. The number of fused-ring (bicyclic) bond motifs is 1. The van der Waals surface area contributed by atoms with Crippen LogP contribution in [-0.2, 0) is 9.84 Å². The molecule has 1 aromatic heterocycles. The summed E-state index contributed by atoms with van der Waals surface area (Å²) < 4.78 is 26.0. The maximum atomic E-state index is 13.0.